The lowest BCUT2D eigenvalue weighted by atomic mass is 10.1. The van der Waals surface area contributed by atoms with Crippen LogP contribution in [0, 0.1) is 13.8 Å². The molecule has 0 aliphatic carbocycles. The molecule has 0 aliphatic heterocycles. The number of rotatable bonds is 6. The molecule has 5 nitrogen and oxygen atoms in total. The molecule has 136 valence electrons. The summed E-state index contributed by atoms with van der Waals surface area (Å²) in [6, 6.07) is 7.61. The van der Waals surface area contributed by atoms with Gasteiger partial charge < -0.3 is 11.1 Å². The second-order valence-corrected chi connectivity index (χ2v) is 8.45. The molecule has 0 aliphatic rings. The first-order chi connectivity index (χ1) is 12.4. The van der Waals surface area contributed by atoms with E-state index in [1.165, 1.54) is 16.6 Å². The summed E-state index contributed by atoms with van der Waals surface area (Å²) in [4.78, 5) is 22.9. The highest BCUT2D eigenvalue weighted by atomic mass is 35.5. The number of aryl methyl sites for hydroxylation is 2. The molecule has 0 radical (unpaired) electrons. The van der Waals surface area contributed by atoms with Crippen molar-refractivity contribution in [2.75, 3.05) is 18.0 Å². The average molecular weight is 407 g/mol. The minimum absolute atomic E-state index is 0.0511. The number of carbonyl (C=O) groups excluding carboxylic acids is 1. The molecule has 3 N–H and O–H groups in total. The van der Waals surface area contributed by atoms with Crippen LogP contribution in [0.3, 0.4) is 0 Å². The Morgan fingerprint density at radius 2 is 2.00 bits per heavy atom. The monoisotopic (exact) mass is 406 g/mol. The Labute approximate surface area is 165 Å². The third-order valence-corrected chi connectivity index (χ3v) is 6.22. The van der Waals surface area contributed by atoms with Gasteiger partial charge in [0.2, 0.25) is 5.91 Å². The summed E-state index contributed by atoms with van der Waals surface area (Å²) in [6.07, 6.45) is 0.761. The van der Waals surface area contributed by atoms with E-state index in [1.54, 1.807) is 11.3 Å². The number of thioether (sulfide) groups is 1. The van der Waals surface area contributed by atoms with Gasteiger partial charge in [-0.25, -0.2) is 9.97 Å². The van der Waals surface area contributed by atoms with Gasteiger partial charge in [0.25, 0.3) is 0 Å². The van der Waals surface area contributed by atoms with Crippen molar-refractivity contribution in [3.8, 4) is 0 Å². The van der Waals surface area contributed by atoms with E-state index in [-0.39, 0.29) is 11.7 Å². The predicted molar refractivity (Wildman–Crippen MR) is 110 cm³/mol. The van der Waals surface area contributed by atoms with Crippen molar-refractivity contribution in [1.29, 1.82) is 0 Å². The van der Waals surface area contributed by atoms with Gasteiger partial charge in [-0.1, -0.05) is 35.5 Å². The highest BCUT2D eigenvalue weighted by Gasteiger charge is 2.13. The van der Waals surface area contributed by atoms with Gasteiger partial charge in [0.05, 0.1) is 11.1 Å². The minimum Gasteiger partial charge on any atom is -0.383 e. The molecule has 8 heteroatoms. The van der Waals surface area contributed by atoms with E-state index in [2.05, 4.69) is 15.3 Å². The number of fused-ring (bicyclic) bond motifs is 1. The molecule has 1 amide bonds. The van der Waals surface area contributed by atoms with Crippen LogP contribution in [-0.2, 0) is 11.2 Å². The van der Waals surface area contributed by atoms with Gasteiger partial charge in [0, 0.05) is 16.4 Å². The summed E-state index contributed by atoms with van der Waals surface area (Å²) in [6.45, 7) is 4.64. The summed E-state index contributed by atoms with van der Waals surface area (Å²) < 4.78 is 0. The van der Waals surface area contributed by atoms with Gasteiger partial charge >= 0.3 is 0 Å². The maximum atomic E-state index is 12.0. The van der Waals surface area contributed by atoms with E-state index >= 15 is 0 Å². The molecule has 2 heterocycles. The summed E-state index contributed by atoms with van der Waals surface area (Å²) in [5.41, 5.74) is 8.32. The summed E-state index contributed by atoms with van der Waals surface area (Å²) in [5.74, 6) is 0.682. The van der Waals surface area contributed by atoms with Crippen LogP contribution in [0.2, 0.25) is 5.02 Å². The summed E-state index contributed by atoms with van der Waals surface area (Å²) in [5, 5.41) is 5.07. The van der Waals surface area contributed by atoms with Crippen LogP contribution in [0.4, 0.5) is 5.82 Å². The smallest absolute Gasteiger partial charge is 0.230 e. The molecule has 26 heavy (non-hydrogen) atoms. The van der Waals surface area contributed by atoms with E-state index in [0.717, 1.165) is 27.8 Å². The molecule has 0 bridgehead atoms. The third-order valence-electron chi connectivity index (χ3n) is 4.02. The molecular weight excluding hydrogens is 388 g/mol. The largest absolute Gasteiger partial charge is 0.383 e. The molecule has 2 aromatic heterocycles. The predicted octanol–water partition coefficient (Wildman–Crippen LogP) is 3.99. The Hall–Kier alpha value is -1.83. The zero-order valence-electron chi connectivity index (χ0n) is 14.5. The van der Waals surface area contributed by atoms with Crippen LogP contribution >= 0.6 is 34.7 Å². The normalized spacial score (nSPS) is 11.0. The first-order valence-electron chi connectivity index (χ1n) is 8.11. The second kappa shape index (κ2) is 8.24. The number of nitrogens with zero attached hydrogens (tertiary/aromatic N) is 2. The Kier molecular flexibility index (Phi) is 6.01. The van der Waals surface area contributed by atoms with E-state index in [9.17, 15) is 4.79 Å². The number of halogens is 1. The number of hydrogen-bond donors (Lipinski definition) is 2. The topological polar surface area (TPSA) is 80.9 Å². The van der Waals surface area contributed by atoms with Gasteiger partial charge in [-0.05, 0) is 43.5 Å². The number of thiophene rings is 1. The fourth-order valence-electron chi connectivity index (χ4n) is 2.50. The quantitative estimate of drug-likeness (QED) is 0.477. The molecule has 0 atom stereocenters. The van der Waals surface area contributed by atoms with Gasteiger partial charge in [-0.2, -0.15) is 0 Å². The number of nitrogens with one attached hydrogen (secondary N) is 1. The minimum atomic E-state index is -0.0511. The number of amides is 1. The Balaban J connectivity index is 1.52. The summed E-state index contributed by atoms with van der Waals surface area (Å²) >= 11 is 8.76. The van der Waals surface area contributed by atoms with E-state index in [1.807, 2.05) is 38.1 Å². The van der Waals surface area contributed by atoms with Crippen molar-refractivity contribution in [1.82, 2.24) is 15.3 Å². The molecule has 3 rings (SSSR count). The first kappa shape index (κ1) is 18.9. The maximum Gasteiger partial charge on any atom is 0.230 e. The van der Waals surface area contributed by atoms with Crippen molar-refractivity contribution >= 4 is 56.6 Å². The van der Waals surface area contributed by atoms with E-state index in [0.29, 0.717) is 22.5 Å². The Morgan fingerprint density at radius 1 is 1.27 bits per heavy atom. The SMILES string of the molecule is Cc1sc2nc(SCC(=O)NCCc3ccc(Cl)cc3)nc(N)c2c1C. The van der Waals surface area contributed by atoms with Crippen molar-refractivity contribution < 1.29 is 4.79 Å². The molecule has 0 spiro atoms. The third kappa shape index (κ3) is 4.47. The highest BCUT2D eigenvalue weighted by molar-refractivity contribution is 7.99. The molecule has 1 aromatic carbocycles. The molecule has 0 saturated carbocycles. The fourth-order valence-corrected chi connectivity index (χ4v) is 4.41. The van der Waals surface area contributed by atoms with E-state index in [4.69, 9.17) is 17.3 Å². The highest BCUT2D eigenvalue weighted by Crippen LogP contribution is 2.33. The maximum absolute atomic E-state index is 12.0. The van der Waals surface area contributed by atoms with Gasteiger partial charge in [-0.3, -0.25) is 4.79 Å². The lowest BCUT2D eigenvalue weighted by Gasteiger charge is -2.06. The molecule has 0 fully saturated rings. The van der Waals surface area contributed by atoms with Crippen LogP contribution in [-0.4, -0.2) is 28.2 Å². The molecule has 0 saturated heterocycles. The zero-order chi connectivity index (χ0) is 18.7. The lowest BCUT2D eigenvalue weighted by Crippen LogP contribution is -2.27. The second-order valence-electron chi connectivity index (χ2n) is 5.87. The first-order valence-corrected chi connectivity index (χ1v) is 10.3. The van der Waals surface area contributed by atoms with Gasteiger partial charge in [0.1, 0.15) is 10.6 Å². The van der Waals surface area contributed by atoms with Crippen LogP contribution in [0.15, 0.2) is 29.4 Å². The number of nitrogens with two attached hydrogens (primary N) is 1. The molecular formula is C18H19ClN4OS2. The van der Waals surface area contributed by atoms with Crippen molar-refractivity contribution in [3.63, 3.8) is 0 Å². The van der Waals surface area contributed by atoms with Crippen molar-refractivity contribution in [2.45, 2.75) is 25.4 Å². The van der Waals surface area contributed by atoms with Crippen LogP contribution < -0.4 is 11.1 Å². The number of benzene rings is 1. The standard InChI is InChI=1S/C18H19ClN4OS2/c1-10-11(2)26-17-15(10)16(20)22-18(23-17)25-9-14(24)21-8-7-12-3-5-13(19)6-4-12/h3-6H,7-9H2,1-2H3,(H,21,24)(H2,20,22,23). The van der Waals surface area contributed by atoms with Crippen LogP contribution in [0.25, 0.3) is 10.2 Å². The van der Waals surface area contributed by atoms with Gasteiger partial charge in [-0.15, -0.1) is 11.3 Å². The number of aromatic nitrogens is 2. The van der Waals surface area contributed by atoms with Crippen LogP contribution in [0.1, 0.15) is 16.0 Å². The average Bonchev–Trinajstić information content (AvgIpc) is 2.89. The van der Waals surface area contributed by atoms with Gasteiger partial charge in [0.15, 0.2) is 5.16 Å². The van der Waals surface area contributed by atoms with Crippen LogP contribution in [0.5, 0.6) is 0 Å². The fraction of sp³-hybridized carbons (Fsp3) is 0.278. The molecule has 3 aromatic rings. The Bertz CT molecular complexity index is 941. The number of hydrogen-bond acceptors (Lipinski definition) is 6. The number of anilines is 1. The molecule has 0 unspecified atom stereocenters. The number of nitrogen functional groups attached to an aromatic ring is 1. The summed E-state index contributed by atoms with van der Waals surface area (Å²) in [7, 11) is 0. The van der Waals surface area contributed by atoms with E-state index < -0.39 is 0 Å². The number of carbonyl (C=O) groups is 1. The Morgan fingerprint density at radius 3 is 2.73 bits per heavy atom. The zero-order valence-corrected chi connectivity index (χ0v) is 16.9. The van der Waals surface area contributed by atoms with Crippen molar-refractivity contribution in [3.05, 3.63) is 45.3 Å². The lowest BCUT2D eigenvalue weighted by molar-refractivity contribution is -0.118. The van der Waals surface area contributed by atoms with Crippen molar-refractivity contribution in [2.24, 2.45) is 0 Å².